The maximum atomic E-state index is 11.8. The lowest BCUT2D eigenvalue weighted by molar-refractivity contribution is -0.116. The topological polar surface area (TPSA) is 60.5 Å². The van der Waals surface area contributed by atoms with Crippen molar-refractivity contribution < 1.29 is 14.3 Å². The van der Waals surface area contributed by atoms with Gasteiger partial charge in [-0.1, -0.05) is 19.8 Å². The van der Waals surface area contributed by atoms with Crippen molar-refractivity contribution in [1.82, 2.24) is 4.98 Å². The zero-order valence-electron chi connectivity index (χ0n) is 13.7. The first kappa shape index (κ1) is 17.3. The number of carbonyl (C=O) groups is 1. The summed E-state index contributed by atoms with van der Waals surface area (Å²) < 4.78 is 10.5. The standard InChI is InChI=1S/C17H22N2O3S/c1-4-5-6-7-16(20)19-17-18-13(11-23-17)12-8-9-14(21-2)15(10-12)22-3/h8-11H,4-7H2,1-3H3,(H,18,19,20). The Balaban J connectivity index is 2.05. The van der Waals surface area contributed by atoms with E-state index in [0.29, 0.717) is 23.1 Å². The largest absolute Gasteiger partial charge is 0.493 e. The highest BCUT2D eigenvalue weighted by Crippen LogP contribution is 2.33. The number of methoxy groups -OCH3 is 2. The second-order valence-electron chi connectivity index (χ2n) is 5.11. The van der Waals surface area contributed by atoms with Crippen LogP contribution in [-0.4, -0.2) is 25.1 Å². The van der Waals surface area contributed by atoms with Crippen molar-refractivity contribution in [1.29, 1.82) is 0 Å². The van der Waals surface area contributed by atoms with Crippen molar-refractivity contribution in [2.75, 3.05) is 19.5 Å². The van der Waals surface area contributed by atoms with Gasteiger partial charge >= 0.3 is 0 Å². The average Bonchev–Trinajstić information content (AvgIpc) is 3.02. The minimum Gasteiger partial charge on any atom is -0.493 e. The lowest BCUT2D eigenvalue weighted by Gasteiger charge is -2.08. The second-order valence-corrected chi connectivity index (χ2v) is 5.97. The molecule has 2 aromatic rings. The first-order valence-corrected chi connectivity index (χ1v) is 8.53. The summed E-state index contributed by atoms with van der Waals surface area (Å²) in [5, 5.41) is 5.40. The summed E-state index contributed by atoms with van der Waals surface area (Å²) in [5.74, 6) is 1.35. The molecule has 0 spiro atoms. The van der Waals surface area contributed by atoms with Gasteiger partial charge in [0.15, 0.2) is 16.6 Å². The molecule has 0 unspecified atom stereocenters. The van der Waals surface area contributed by atoms with Gasteiger partial charge in [0.2, 0.25) is 5.91 Å². The zero-order chi connectivity index (χ0) is 16.7. The van der Waals surface area contributed by atoms with E-state index in [2.05, 4.69) is 17.2 Å². The fraction of sp³-hybridized carbons (Fsp3) is 0.412. The van der Waals surface area contributed by atoms with Crippen molar-refractivity contribution in [3.63, 3.8) is 0 Å². The second kappa shape index (κ2) is 8.53. The molecule has 23 heavy (non-hydrogen) atoms. The predicted octanol–water partition coefficient (Wildman–Crippen LogP) is 4.35. The van der Waals surface area contributed by atoms with E-state index >= 15 is 0 Å². The van der Waals surface area contributed by atoms with Crippen LogP contribution in [-0.2, 0) is 4.79 Å². The van der Waals surface area contributed by atoms with Gasteiger partial charge in [0.1, 0.15) is 0 Å². The van der Waals surface area contributed by atoms with Gasteiger partial charge in [0.25, 0.3) is 0 Å². The lowest BCUT2D eigenvalue weighted by Crippen LogP contribution is -2.10. The van der Waals surface area contributed by atoms with Crippen LogP contribution in [0, 0.1) is 0 Å². The van der Waals surface area contributed by atoms with Gasteiger partial charge in [0.05, 0.1) is 19.9 Å². The van der Waals surface area contributed by atoms with Gasteiger partial charge < -0.3 is 14.8 Å². The highest BCUT2D eigenvalue weighted by Gasteiger charge is 2.10. The number of carbonyl (C=O) groups excluding carboxylic acids is 1. The fourth-order valence-corrected chi connectivity index (χ4v) is 2.91. The Hall–Kier alpha value is -2.08. The fourth-order valence-electron chi connectivity index (χ4n) is 2.18. The van der Waals surface area contributed by atoms with Crippen molar-refractivity contribution in [2.24, 2.45) is 0 Å². The quantitative estimate of drug-likeness (QED) is 0.729. The predicted molar refractivity (Wildman–Crippen MR) is 93.4 cm³/mol. The molecule has 2 rings (SSSR count). The van der Waals surface area contributed by atoms with Gasteiger partial charge in [0, 0.05) is 17.4 Å². The van der Waals surface area contributed by atoms with Gasteiger partial charge in [-0.05, 0) is 24.6 Å². The molecule has 0 aliphatic heterocycles. The number of benzene rings is 1. The minimum absolute atomic E-state index is 0.0201. The monoisotopic (exact) mass is 334 g/mol. The van der Waals surface area contributed by atoms with E-state index in [4.69, 9.17) is 9.47 Å². The highest BCUT2D eigenvalue weighted by atomic mass is 32.1. The Morgan fingerprint density at radius 2 is 2.00 bits per heavy atom. The van der Waals surface area contributed by atoms with Crippen LogP contribution < -0.4 is 14.8 Å². The molecular formula is C17H22N2O3S. The molecule has 1 N–H and O–H groups in total. The molecule has 1 amide bonds. The molecule has 0 bridgehead atoms. The zero-order valence-corrected chi connectivity index (χ0v) is 14.5. The molecule has 124 valence electrons. The summed E-state index contributed by atoms with van der Waals surface area (Å²) >= 11 is 1.42. The molecule has 0 fully saturated rings. The third-order valence-corrected chi connectivity index (χ3v) is 4.19. The Kier molecular flexibility index (Phi) is 6.40. The van der Waals surface area contributed by atoms with E-state index in [1.54, 1.807) is 14.2 Å². The van der Waals surface area contributed by atoms with E-state index in [9.17, 15) is 4.79 Å². The normalized spacial score (nSPS) is 10.4. The Morgan fingerprint density at radius 3 is 2.70 bits per heavy atom. The Morgan fingerprint density at radius 1 is 1.22 bits per heavy atom. The summed E-state index contributed by atoms with van der Waals surface area (Å²) in [7, 11) is 3.21. The molecule has 0 radical (unpaired) electrons. The van der Waals surface area contributed by atoms with Crippen molar-refractivity contribution in [3.8, 4) is 22.8 Å². The van der Waals surface area contributed by atoms with Gasteiger partial charge in [-0.25, -0.2) is 4.98 Å². The number of nitrogens with one attached hydrogen (secondary N) is 1. The van der Waals surface area contributed by atoms with E-state index in [-0.39, 0.29) is 5.91 Å². The third-order valence-electron chi connectivity index (χ3n) is 3.44. The van der Waals surface area contributed by atoms with Crippen LogP contribution >= 0.6 is 11.3 Å². The molecule has 1 aromatic carbocycles. The van der Waals surface area contributed by atoms with Crippen LogP contribution in [0.5, 0.6) is 11.5 Å². The summed E-state index contributed by atoms with van der Waals surface area (Å²) in [6.45, 7) is 2.12. The van der Waals surface area contributed by atoms with Crippen LogP contribution in [0.1, 0.15) is 32.6 Å². The summed E-state index contributed by atoms with van der Waals surface area (Å²) in [6, 6.07) is 5.64. The minimum atomic E-state index is 0.0201. The first-order chi connectivity index (χ1) is 11.2. The summed E-state index contributed by atoms with van der Waals surface area (Å²) in [4.78, 5) is 16.3. The molecule has 1 heterocycles. The molecule has 0 saturated carbocycles. The number of nitrogens with zero attached hydrogens (tertiary/aromatic N) is 1. The van der Waals surface area contributed by atoms with E-state index < -0.39 is 0 Å². The maximum absolute atomic E-state index is 11.8. The number of aromatic nitrogens is 1. The first-order valence-electron chi connectivity index (χ1n) is 7.65. The highest BCUT2D eigenvalue weighted by molar-refractivity contribution is 7.14. The molecule has 0 aliphatic rings. The summed E-state index contributed by atoms with van der Waals surface area (Å²) in [6.07, 6.45) is 3.63. The van der Waals surface area contributed by atoms with E-state index in [1.807, 2.05) is 23.6 Å². The number of anilines is 1. The number of rotatable bonds is 8. The van der Waals surface area contributed by atoms with E-state index in [1.165, 1.54) is 11.3 Å². The number of hydrogen-bond donors (Lipinski definition) is 1. The number of hydrogen-bond acceptors (Lipinski definition) is 5. The Labute approximate surface area is 140 Å². The Bertz CT molecular complexity index is 655. The number of ether oxygens (including phenoxy) is 2. The molecule has 0 saturated heterocycles. The molecule has 5 nitrogen and oxygen atoms in total. The van der Waals surface area contributed by atoms with Crippen LogP contribution in [0.15, 0.2) is 23.6 Å². The lowest BCUT2D eigenvalue weighted by atomic mass is 10.1. The van der Waals surface area contributed by atoms with Crippen LogP contribution in [0.3, 0.4) is 0 Å². The molecular weight excluding hydrogens is 312 g/mol. The number of unbranched alkanes of at least 4 members (excludes halogenated alkanes) is 2. The van der Waals surface area contributed by atoms with Crippen molar-refractivity contribution >= 4 is 22.4 Å². The molecule has 1 aromatic heterocycles. The van der Waals surface area contributed by atoms with Gasteiger partial charge in [-0.15, -0.1) is 11.3 Å². The van der Waals surface area contributed by atoms with Gasteiger partial charge in [-0.2, -0.15) is 0 Å². The average molecular weight is 334 g/mol. The van der Waals surface area contributed by atoms with Crippen molar-refractivity contribution in [3.05, 3.63) is 23.6 Å². The number of amides is 1. The molecule has 0 aliphatic carbocycles. The SMILES string of the molecule is CCCCCC(=O)Nc1nc(-c2ccc(OC)c(OC)c2)cs1. The van der Waals surface area contributed by atoms with E-state index in [0.717, 1.165) is 30.5 Å². The van der Waals surface area contributed by atoms with Crippen LogP contribution in [0.2, 0.25) is 0 Å². The van der Waals surface area contributed by atoms with Crippen LogP contribution in [0.4, 0.5) is 5.13 Å². The van der Waals surface area contributed by atoms with Gasteiger partial charge in [-0.3, -0.25) is 4.79 Å². The smallest absolute Gasteiger partial charge is 0.226 e. The van der Waals surface area contributed by atoms with Crippen LogP contribution in [0.25, 0.3) is 11.3 Å². The molecule has 6 heteroatoms. The molecule has 0 atom stereocenters. The third kappa shape index (κ3) is 4.69. The number of thiazole rings is 1. The van der Waals surface area contributed by atoms with Crippen molar-refractivity contribution in [2.45, 2.75) is 32.6 Å². The summed E-state index contributed by atoms with van der Waals surface area (Å²) in [5.41, 5.74) is 1.73. The maximum Gasteiger partial charge on any atom is 0.226 e.